The van der Waals surface area contributed by atoms with Gasteiger partial charge in [0, 0.05) is 19.9 Å². The van der Waals surface area contributed by atoms with Crippen LogP contribution in [0.5, 0.6) is 0 Å². The number of hydrogen-bond acceptors (Lipinski definition) is 4. The Bertz CT molecular complexity index is 649. The molecule has 2 rings (SSSR count). The standard InChI is InChI=1S/C19H29N3O3/c1-6-22(5,20-4)19(12-9-13-19)18(24)21-16-14(3)10-8-11-15(16)17(23)25-7-2/h8,10-11,20H,6-7,9,12-13H2,1-5H3/p+1. The summed E-state index contributed by atoms with van der Waals surface area (Å²) in [5.74, 6) is -0.456. The summed E-state index contributed by atoms with van der Waals surface area (Å²) in [5, 5.41) is 3.04. The maximum atomic E-state index is 13.2. The third-order valence-corrected chi connectivity index (χ3v) is 5.68. The van der Waals surface area contributed by atoms with Crippen LogP contribution in [0.3, 0.4) is 0 Å². The van der Waals surface area contributed by atoms with Crippen molar-refractivity contribution in [3.05, 3.63) is 29.3 Å². The molecule has 0 saturated heterocycles. The lowest BCUT2D eigenvalue weighted by atomic mass is 9.73. The molecule has 0 spiro atoms. The van der Waals surface area contributed by atoms with E-state index in [-0.39, 0.29) is 5.91 Å². The molecule has 0 aromatic heterocycles. The molecule has 1 aromatic carbocycles. The average Bonchev–Trinajstić information content (AvgIpc) is 2.55. The SMILES string of the molecule is CCOC(=O)c1cccc(C)c1NC(=O)C1([N+](C)(CC)NC)CCC1. The van der Waals surface area contributed by atoms with Crippen LogP contribution in [0.2, 0.25) is 0 Å². The fourth-order valence-electron chi connectivity index (χ4n) is 3.57. The van der Waals surface area contributed by atoms with Gasteiger partial charge in [-0.05, 0) is 38.8 Å². The van der Waals surface area contributed by atoms with Gasteiger partial charge >= 0.3 is 5.97 Å². The second kappa shape index (κ2) is 7.54. The lowest BCUT2D eigenvalue weighted by Crippen LogP contribution is -2.74. The van der Waals surface area contributed by atoms with Crippen molar-refractivity contribution < 1.29 is 18.9 Å². The van der Waals surface area contributed by atoms with Crippen LogP contribution >= 0.6 is 0 Å². The van der Waals surface area contributed by atoms with Crippen LogP contribution in [0.25, 0.3) is 0 Å². The third kappa shape index (κ3) is 3.28. The van der Waals surface area contributed by atoms with Crippen molar-refractivity contribution in [1.29, 1.82) is 0 Å². The van der Waals surface area contributed by atoms with Gasteiger partial charge in [0.05, 0.1) is 31.5 Å². The molecule has 6 heteroatoms. The Morgan fingerprint density at radius 2 is 1.96 bits per heavy atom. The normalized spacial score (nSPS) is 18.0. The van der Waals surface area contributed by atoms with Gasteiger partial charge in [0.1, 0.15) is 0 Å². The van der Waals surface area contributed by atoms with Crippen molar-refractivity contribution in [2.24, 2.45) is 0 Å². The van der Waals surface area contributed by atoms with E-state index in [0.29, 0.717) is 22.4 Å². The highest BCUT2D eigenvalue weighted by atomic mass is 16.5. The maximum Gasteiger partial charge on any atom is 0.340 e. The molecule has 6 nitrogen and oxygen atoms in total. The number of rotatable bonds is 7. The molecule has 1 aliphatic carbocycles. The molecule has 1 aromatic rings. The predicted octanol–water partition coefficient (Wildman–Crippen LogP) is 2.63. The first kappa shape index (κ1) is 19.4. The highest BCUT2D eigenvalue weighted by molar-refractivity contribution is 6.05. The summed E-state index contributed by atoms with van der Waals surface area (Å²) in [6.45, 7) is 6.82. The van der Waals surface area contributed by atoms with Crippen LogP contribution in [0.15, 0.2) is 18.2 Å². The summed E-state index contributed by atoms with van der Waals surface area (Å²) in [5.41, 5.74) is 4.58. The molecule has 0 aliphatic heterocycles. The first-order valence-corrected chi connectivity index (χ1v) is 8.98. The van der Waals surface area contributed by atoms with E-state index in [1.54, 1.807) is 19.1 Å². The predicted molar refractivity (Wildman–Crippen MR) is 98.1 cm³/mol. The van der Waals surface area contributed by atoms with Crippen LogP contribution < -0.4 is 10.7 Å². The lowest BCUT2D eigenvalue weighted by Gasteiger charge is -2.52. The summed E-state index contributed by atoms with van der Waals surface area (Å²) in [6.07, 6.45) is 2.68. The Kier molecular flexibility index (Phi) is 5.85. The fourth-order valence-corrected chi connectivity index (χ4v) is 3.57. The Balaban J connectivity index is 2.36. The smallest absolute Gasteiger partial charge is 0.340 e. The molecule has 138 valence electrons. The molecule has 1 atom stereocenters. The lowest BCUT2D eigenvalue weighted by molar-refractivity contribution is -0.991. The summed E-state index contributed by atoms with van der Waals surface area (Å²) >= 11 is 0. The van der Waals surface area contributed by atoms with Crippen LogP contribution in [0, 0.1) is 6.92 Å². The minimum absolute atomic E-state index is 0.0442. The summed E-state index contributed by atoms with van der Waals surface area (Å²) in [6, 6.07) is 5.38. The molecule has 1 fully saturated rings. The number of hydrogen-bond donors (Lipinski definition) is 2. The van der Waals surface area contributed by atoms with Gasteiger partial charge in [0.15, 0.2) is 5.54 Å². The zero-order valence-electron chi connectivity index (χ0n) is 15.9. The van der Waals surface area contributed by atoms with E-state index in [9.17, 15) is 9.59 Å². The molecule has 0 heterocycles. The minimum Gasteiger partial charge on any atom is -0.462 e. The number of ether oxygens (including phenoxy) is 1. The van der Waals surface area contributed by atoms with Crippen molar-refractivity contribution in [2.75, 3.05) is 32.6 Å². The van der Waals surface area contributed by atoms with Gasteiger partial charge in [-0.15, -0.1) is 0 Å². The van der Waals surface area contributed by atoms with Crippen molar-refractivity contribution in [3.63, 3.8) is 0 Å². The van der Waals surface area contributed by atoms with Gasteiger partial charge in [0.2, 0.25) is 0 Å². The zero-order valence-corrected chi connectivity index (χ0v) is 15.9. The molecule has 0 bridgehead atoms. The largest absolute Gasteiger partial charge is 0.462 e. The van der Waals surface area contributed by atoms with Gasteiger partial charge in [-0.3, -0.25) is 4.79 Å². The van der Waals surface area contributed by atoms with Gasteiger partial charge in [-0.25, -0.2) is 9.39 Å². The number of para-hydroxylation sites is 1. The topological polar surface area (TPSA) is 67.4 Å². The first-order chi connectivity index (χ1) is 11.8. The number of amides is 1. The second-order valence-corrected chi connectivity index (χ2v) is 6.79. The number of likely N-dealkylation sites (N-methyl/N-ethyl adjacent to an activating group) is 1. The van der Waals surface area contributed by atoms with Crippen molar-refractivity contribution in [1.82, 2.24) is 5.43 Å². The van der Waals surface area contributed by atoms with Crippen LogP contribution in [-0.2, 0) is 9.53 Å². The number of nitrogens with one attached hydrogen (secondary N) is 2. The summed E-state index contributed by atoms with van der Waals surface area (Å²) in [7, 11) is 3.93. The molecule has 25 heavy (non-hydrogen) atoms. The quantitative estimate of drug-likeness (QED) is 0.452. The Morgan fingerprint density at radius 3 is 2.44 bits per heavy atom. The second-order valence-electron chi connectivity index (χ2n) is 6.79. The minimum atomic E-state index is -0.516. The highest BCUT2D eigenvalue weighted by Crippen LogP contribution is 2.42. The fraction of sp³-hybridized carbons (Fsp3) is 0.579. The van der Waals surface area contributed by atoms with E-state index in [4.69, 9.17) is 4.74 Å². The average molecular weight is 348 g/mol. The van der Waals surface area contributed by atoms with Crippen molar-refractivity contribution >= 4 is 17.6 Å². The monoisotopic (exact) mass is 348 g/mol. The molecular formula is C19H30N3O3+. The summed E-state index contributed by atoms with van der Waals surface area (Å²) < 4.78 is 5.61. The number of carbonyl (C=O) groups excluding carboxylic acids is 2. The van der Waals surface area contributed by atoms with Crippen LogP contribution in [0.1, 0.15) is 49.0 Å². The van der Waals surface area contributed by atoms with Crippen molar-refractivity contribution in [3.8, 4) is 0 Å². The number of esters is 1. The van der Waals surface area contributed by atoms with E-state index < -0.39 is 11.5 Å². The van der Waals surface area contributed by atoms with E-state index in [2.05, 4.69) is 17.7 Å². The Hall–Kier alpha value is -1.92. The van der Waals surface area contributed by atoms with E-state index in [1.807, 2.05) is 27.1 Å². The van der Waals surface area contributed by atoms with E-state index in [1.165, 1.54) is 0 Å². The molecule has 2 N–H and O–H groups in total. The Morgan fingerprint density at radius 1 is 1.28 bits per heavy atom. The number of anilines is 1. The van der Waals surface area contributed by atoms with Gasteiger partial charge in [-0.1, -0.05) is 12.1 Å². The van der Waals surface area contributed by atoms with E-state index >= 15 is 0 Å². The molecule has 1 aliphatic rings. The van der Waals surface area contributed by atoms with Crippen molar-refractivity contribution in [2.45, 2.75) is 45.6 Å². The molecule has 0 radical (unpaired) electrons. The van der Waals surface area contributed by atoms with Gasteiger partial charge < -0.3 is 10.1 Å². The van der Waals surface area contributed by atoms with Crippen LogP contribution in [0.4, 0.5) is 5.69 Å². The number of carbonyl (C=O) groups is 2. The van der Waals surface area contributed by atoms with Gasteiger partial charge in [-0.2, -0.15) is 5.43 Å². The molecule has 1 amide bonds. The Labute approximate surface area is 150 Å². The molecule has 1 saturated carbocycles. The number of nitrogens with zero attached hydrogens (tertiary/aromatic N) is 1. The number of aryl methyl sites for hydroxylation is 1. The first-order valence-electron chi connectivity index (χ1n) is 8.98. The molecule has 1 unspecified atom stereocenters. The zero-order chi connectivity index (χ0) is 18.7. The van der Waals surface area contributed by atoms with Gasteiger partial charge in [0.25, 0.3) is 5.91 Å². The summed E-state index contributed by atoms with van der Waals surface area (Å²) in [4.78, 5) is 25.5. The third-order valence-electron chi connectivity index (χ3n) is 5.68. The van der Waals surface area contributed by atoms with Crippen LogP contribution in [-0.4, -0.2) is 49.3 Å². The number of benzene rings is 1. The highest BCUT2D eigenvalue weighted by Gasteiger charge is 2.58. The maximum absolute atomic E-state index is 13.2. The molecular weight excluding hydrogens is 318 g/mol. The van der Waals surface area contributed by atoms with E-state index in [0.717, 1.165) is 31.4 Å². The number of quaternary nitrogens is 1.